The van der Waals surface area contributed by atoms with E-state index in [0.29, 0.717) is 19.8 Å². The van der Waals surface area contributed by atoms with Crippen LogP contribution in [0.1, 0.15) is 26.7 Å². The van der Waals surface area contributed by atoms with Crippen LogP contribution in [-0.4, -0.2) is 32.4 Å². The summed E-state index contributed by atoms with van der Waals surface area (Å²) in [5, 5.41) is 8.67. The number of nitrogens with zero attached hydrogens (tertiary/aromatic N) is 1. The second-order valence-electron chi connectivity index (χ2n) is 3.20. The molecule has 0 aromatic rings. The molecule has 0 aromatic carbocycles. The van der Waals surface area contributed by atoms with Gasteiger partial charge in [-0.2, -0.15) is 5.26 Å². The molecule has 96 valence electrons. The van der Waals surface area contributed by atoms with Crippen molar-refractivity contribution in [3.8, 4) is 6.07 Å². The zero-order chi connectivity index (χ0) is 12.9. The van der Waals surface area contributed by atoms with Crippen LogP contribution >= 0.6 is 0 Å². The maximum absolute atomic E-state index is 11.2. The molecule has 0 spiro atoms. The summed E-state index contributed by atoms with van der Waals surface area (Å²) in [6, 6.07) is 1.72. The molecule has 0 heterocycles. The number of ether oxygens (including phenoxy) is 3. The van der Waals surface area contributed by atoms with E-state index in [1.165, 1.54) is 0 Å². The molecule has 0 aliphatic carbocycles. The van der Waals surface area contributed by atoms with Gasteiger partial charge in [0, 0.05) is 6.61 Å². The van der Waals surface area contributed by atoms with Crippen molar-refractivity contribution in [3.05, 3.63) is 11.8 Å². The SMILES string of the molecule is CCCCOCCO/C=C(\C#N)C(=O)OCC. The number of hydrogen-bond donors (Lipinski definition) is 0. The highest BCUT2D eigenvalue weighted by Crippen LogP contribution is 1.97. The molecule has 0 atom stereocenters. The van der Waals surface area contributed by atoms with Gasteiger partial charge in [0.25, 0.3) is 0 Å². The van der Waals surface area contributed by atoms with Crippen LogP contribution in [0.2, 0.25) is 0 Å². The zero-order valence-electron chi connectivity index (χ0n) is 10.4. The normalized spacial score (nSPS) is 10.8. The van der Waals surface area contributed by atoms with Crippen molar-refractivity contribution in [2.24, 2.45) is 0 Å². The van der Waals surface area contributed by atoms with Crippen LogP contribution in [0.4, 0.5) is 0 Å². The Morgan fingerprint density at radius 3 is 2.65 bits per heavy atom. The zero-order valence-corrected chi connectivity index (χ0v) is 10.4. The Morgan fingerprint density at radius 2 is 2.06 bits per heavy atom. The van der Waals surface area contributed by atoms with E-state index in [4.69, 9.17) is 14.7 Å². The molecule has 0 amide bonds. The minimum absolute atomic E-state index is 0.139. The molecule has 0 rings (SSSR count). The molecule has 5 nitrogen and oxygen atoms in total. The maximum Gasteiger partial charge on any atom is 0.352 e. The quantitative estimate of drug-likeness (QED) is 0.202. The average Bonchev–Trinajstić information content (AvgIpc) is 2.33. The molecule has 0 fully saturated rings. The number of carbonyl (C=O) groups is 1. The van der Waals surface area contributed by atoms with E-state index in [1.54, 1.807) is 13.0 Å². The molecule has 0 N–H and O–H groups in total. The number of nitriles is 1. The minimum Gasteiger partial charge on any atom is -0.497 e. The predicted molar refractivity (Wildman–Crippen MR) is 62.0 cm³/mol. The summed E-state index contributed by atoms with van der Waals surface area (Å²) in [5.41, 5.74) is -0.139. The van der Waals surface area contributed by atoms with Gasteiger partial charge in [-0.25, -0.2) is 4.79 Å². The molecule has 0 radical (unpaired) electrons. The first-order valence-electron chi connectivity index (χ1n) is 5.73. The molecule has 0 saturated carbocycles. The van der Waals surface area contributed by atoms with Crippen molar-refractivity contribution in [1.82, 2.24) is 0 Å². The van der Waals surface area contributed by atoms with Crippen LogP contribution in [0.5, 0.6) is 0 Å². The van der Waals surface area contributed by atoms with Gasteiger partial charge >= 0.3 is 5.97 Å². The van der Waals surface area contributed by atoms with E-state index in [1.807, 2.05) is 0 Å². The number of unbranched alkanes of at least 4 members (excludes halogenated alkanes) is 1. The fraction of sp³-hybridized carbons (Fsp3) is 0.667. The lowest BCUT2D eigenvalue weighted by Gasteiger charge is -2.03. The highest BCUT2D eigenvalue weighted by atomic mass is 16.5. The molecule has 17 heavy (non-hydrogen) atoms. The van der Waals surface area contributed by atoms with Crippen LogP contribution in [0.3, 0.4) is 0 Å². The Kier molecular flexibility index (Phi) is 9.97. The largest absolute Gasteiger partial charge is 0.497 e. The van der Waals surface area contributed by atoms with Crippen LogP contribution in [0, 0.1) is 11.3 Å². The third-order valence-electron chi connectivity index (χ3n) is 1.80. The molecule has 0 aliphatic rings. The van der Waals surface area contributed by atoms with Gasteiger partial charge in [-0.3, -0.25) is 0 Å². The third-order valence-corrected chi connectivity index (χ3v) is 1.80. The molecule has 0 aromatic heterocycles. The van der Waals surface area contributed by atoms with Gasteiger partial charge in [0.15, 0.2) is 5.57 Å². The van der Waals surface area contributed by atoms with E-state index in [0.717, 1.165) is 19.1 Å². The number of carbonyl (C=O) groups excluding carboxylic acids is 1. The van der Waals surface area contributed by atoms with E-state index in [-0.39, 0.29) is 12.2 Å². The highest BCUT2D eigenvalue weighted by molar-refractivity contribution is 5.92. The summed E-state index contributed by atoms with van der Waals surface area (Å²) in [4.78, 5) is 11.2. The first-order valence-corrected chi connectivity index (χ1v) is 5.73. The Bertz CT molecular complexity index is 281. The van der Waals surface area contributed by atoms with Crippen LogP contribution < -0.4 is 0 Å². The van der Waals surface area contributed by atoms with Crippen LogP contribution in [-0.2, 0) is 19.0 Å². The average molecular weight is 241 g/mol. The lowest BCUT2D eigenvalue weighted by molar-refractivity contribution is -0.138. The maximum atomic E-state index is 11.2. The molecule has 0 unspecified atom stereocenters. The molecule has 0 saturated heterocycles. The smallest absolute Gasteiger partial charge is 0.352 e. The number of rotatable bonds is 9. The summed E-state index contributed by atoms with van der Waals surface area (Å²) in [5.74, 6) is -0.665. The summed E-state index contributed by atoms with van der Waals surface area (Å²) < 4.78 is 14.9. The van der Waals surface area contributed by atoms with Crippen molar-refractivity contribution < 1.29 is 19.0 Å². The standard InChI is InChI=1S/C12H19NO4/c1-3-5-6-15-7-8-16-10-11(9-13)12(14)17-4-2/h10H,3-8H2,1-2H3/b11-10+. The Balaban J connectivity index is 3.73. The summed E-state index contributed by atoms with van der Waals surface area (Å²) in [6.45, 7) is 5.45. The Morgan fingerprint density at radius 1 is 1.29 bits per heavy atom. The topological polar surface area (TPSA) is 68.5 Å². The van der Waals surface area contributed by atoms with Gasteiger partial charge in [0.1, 0.15) is 18.9 Å². The lowest BCUT2D eigenvalue weighted by Crippen LogP contribution is -2.08. The van der Waals surface area contributed by atoms with Crippen molar-refractivity contribution >= 4 is 5.97 Å². The third kappa shape index (κ3) is 8.29. The predicted octanol–water partition coefficient (Wildman–Crippen LogP) is 1.79. The Labute approximate surface area is 102 Å². The lowest BCUT2D eigenvalue weighted by atomic mass is 10.3. The first kappa shape index (κ1) is 15.5. The van der Waals surface area contributed by atoms with Gasteiger partial charge in [-0.05, 0) is 13.3 Å². The van der Waals surface area contributed by atoms with E-state index in [2.05, 4.69) is 11.7 Å². The van der Waals surface area contributed by atoms with E-state index < -0.39 is 5.97 Å². The molecule has 5 heteroatoms. The van der Waals surface area contributed by atoms with Crippen molar-refractivity contribution in [3.63, 3.8) is 0 Å². The van der Waals surface area contributed by atoms with E-state index >= 15 is 0 Å². The molecular weight excluding hydrogens is 222 g/mol. The second-order valence-corrected chi connectivity index (χ2v) is 3.20. The monoisotopic (exact) mass is 241 g/mol. The minimum atomic E-state index is -0.665. The Hall–Kier alpha value is -1.54. The molecule has 0 bridgehead atoms. The number of esters is 1. The van der Waals surface area contributed by atoms with Crippen LogP contribution in [0.25, 0.3) is 0 Å². The first-order chi connectivity index (χ1) is 8.26. The number of hydrogen-bond acceptors (Lipinski definition) is 5. The fourth-order valence-corrected chi connectivity index (χ4v) is 0.927. The fourth-order valence-electron chi connectivity index (χ4n) is 0.927. The van der Waals surface area contributed by atoms with Crippen molar-refractivity contribution in [2.75, 3.05) is 26.4 Å². The summed E-state index contributed by atoms with van der Waals surface area (Å²) >= 11 is 0. The van der Waals surface area contributed by atoms with Crippen molar-refractivity contribution in [2.45, 2.75) is 26.7 Å². The van der Waals surface area contributed by atoms with Crippen LogP contribution in [0.15, 0.2) is 11.8 Å². The summed E-state index contributed by atoms with van der Waals surface area (Å²) in [6.07, 6.45) is 3.21. The van der Waals surface area contributed by atoms with Gasteiger partial charge < -0.3 is 14.2 Å². The van der Waals surface area contributed by atoms with Gasteiger partial charge in [0.2, 0.25) is 0 Å². The molecule has 0 aliphatic heterocycles. The highest BCUT2D eigenvalue weighted by Gasteiger charge is 2.09. The van der Waals surface area contributed by atoms with Gasteiger partial charge in [-0.1, -0.05) is 13.3 Å². The van der Waals surface area contributed by atoms with E-state index in [9.17, 15) is 4.79 Å². The van der Waals surface area contributed by atoms with Crippen molar-refractivity contribution in [1.29, 1.82) is 5.26 Å². The second kappa shape index (κ2) is 11.0. The molecular formula is C12H19NO4. The van der Waals surface area contributed by atoms with Gasteiger partial charge in [0.05, 0.1) is 13.2 Å². The van der Waals surface area contributed by atoms with Gasteiger partial charge in [-0.15, -0.1) is 0 Å². The summed E-state index contributed by atoms with van der Waals surface area (Å²) in [7, 11) is 0.